The third-order valence-corrected chi connectivity index (χ3v) is 4.84. The molecule has 0 aromatic heterocycles. The summed E-state index contributed by atoms with van der Waals surface area (Å²) in [6.45, 7) is 0.365. The molecule has 1 saturated carbocycles. The number of hydrogen-bond donors (Lipinski definition) is 1. The Hall–Kier alpha value is -1.68. The van der Waals surface area contributed by atoms with Gasteiger partial charge in [-0.1, -0.05) is 37.5 Å². The van der Waals surface area contributed by atoms with Crippen LogP contribution >= 0.6 is 0 Å². The molecule has 0 bridgehead atoms. The van der Waals surface area contributed by atoms with E-state index in [1.54, 1.807) is 0 Å². The normalized spacial score (nSPS) is 21.3. The first-order valence-corrected chi connectivity index (χ1v) is 7.86. The van der Waals surface area contributed by atoms with Crippen molar-refractivity contribution in [1.82, 2.24) is 4.90 Å². The summed E-state index contributed by atoms with van der Waals surface area (Å²) in [4.78, 5) is 26.6. The summed E-state index contributed by atoms with van der Waals surface area (Å²) in [5, 5.41) is 0. The average Bonchev–Trinajstić information content (AvgIpc) is 2.52. The summed E-state index contributed by atoms with van der Waals surface area (Å²) in [6.07, 6.45) is 6.05. The molecule has 2 amide bonds. The number of hydrogen-bond acceptors (Lipinski definition) is 3. The van der Waals surface area contributed by atoms with Crippen LogP contribution < -0.4 is 5.73 Å². The minimum absolute atomic E-state index is 0.0975. The summed E-state index contributed by atoms with van der Waals surface area (Å²) < 4.78 is 0. The predicted molar refractivity (Wildman–Crippen MR) is 80.7 cm³/mol. The second-order valence-electron chi connectivity index (χ2n) is 6.10. The SMILES string of the molecule is NCC(C1CCCCC1)N1C(=O)Cc2ccccc2C1=O. The lowest BCUT2D eigenvalue weighted by Crippen LogP contribution is -2.54. The fraction of sp³-hybridized carbons (Fsp3) is 0.529. The van der Waals surface area contributed by atoms with Gasteiger partial charge in [0.2, 0.25) is 5.91 Å². The van der Waals surface area contributed by atoms with Crippen LogP contribution in [0.2, 0.25) is 0 Å². The first-order chi connectivity index (χ1) is 10.2. The molecule has 3 rings (SSSR count). The summed E-state index contributed by atoms with van der Waals surface area (Å²) in [7, 11) is 0. The summed E-state index contributed by atoms with van der Waals surface area (Å²) in [6, 6.07) is 7.25. The molecule has 4 heteroatoms. The molecule has 1 aromatic carbocycles. The highest BCUT2D eigenvalue weighted by molar-refractivity contribution is 6.10. The van der Waals surface area contributed by atoms with Crippen molar-refractivity contribution in [3.63, 3.8) is 0 Å². The Morgan fingerprint density at radius 2 is 1.86 bits per heavy atom. The van der Waals surface area contributed by atoms with Crippen molar-refractivity contribution in [1.29, 1.82) is 0 Å². The zero-order chi connectivity index (χ0) is 14.8. The van der Waals surface area contributed by atoms with Gasteiger partial charge in [-0.15, -0.1) is 0 Å². The lowest BCUT2D eigenvalue weighted by molar-refractivity contribution is -0.131. The number of carbonyl (C=O) groups is 2. The minimum atomic E-state index is -0.164. The van der Waals surface area contributed by atoms with Gasteiger partial charge in [-0.3, -0.25) is 14.5 Å². The van der Waals surface area contributed by atoms with E-state index in [2.05, 4.69) is 0 Å². The highest BCUT2D eigenvalue weighted by atomic mass is 16.2. The van der Waals surface area contributed by atoms with Crippen molar-refractivity contribution in [3.05, 3.63) is 35.4 Å². The van der Waals surface area contributed by atoms with Crippen LogP contribution in [-0.2, 0) is 11.2 Å². The van der Waals surface area contributed by atoms with E-state index in [9.17, 15) is 9.59 Å². The molecule has 1 atom stereocenters. The largest absolute Gasteiger partial charge is 0.328 e. The van der Waals surface area contributed by atoms with E-state index >= 15 is 0 Å². The highest BCUT2D eigenvalue weighted by Gasteiger charge is 2.38. The fourth-order valence-corrected chi connectivity index (χ4v) is 3.74. The van der Waals surface area contributed by atoms with Crippen molar-refractivity contribution in [2.45, 2.75) is 44.6 Å². The first-order valence-electron chi connectivity index (χ1n) is 7.86. The van der Waals surface area contributed by atoms with Crippen LogP contribution in [0.15, 0.2) is 24.3 Å². The molecule has 1 aliphatic carbocycles. The summed E-state index contributed by atoms with van der Waals surface area (Å²) >= 11 is 0. The van der Waals surface area contributed by atoms with Crippen LogP contribution in [0.5, 0.6) is 0 Å². The molecule has 4 nitrogen and oxygen atoms in total. The minimum Gasteiger partial charge on any atom is -0.328 e. The van der Waals surface area contributed by atoms with Gasteiger partial charge in [-0.2, -0.15) is 0 Å². The summed E-state index contributed by atoms with van der Waals surface area (Å²) in [5.41, 5.74) is 7.43. The van der Waals surface area contributed by atoms with Crippen molar-refractivity contribution >= 4 is 11.8 Å². The van der Waals surface area contributed by atoms with Gasteiger partial charge < -0.3 is 5.73 Å². The number of rotatable bonds is 3. The zero-order valence-corrected chi connectivity index (χ0v) is 12.3. The topological polar surface area (TPSA) is 63.4 Å². The number of nitrogens with zero attached hydrogens (tertiary/aromatic N) is 1. The summed E-state index contributed by atoms with van der Waals surface area (Å²) in [5.74, 6) is 0.101. The van der Waals surface area contributed by atoms with Gasteiger partial charge in [-0.05, 0) is 30.4 Å². The number of fused-ring (bicyclic) bond motifs is 1. The molecule has 0 radical (unpaired) electrons. The van der Waals surface area contributed by atoms with Crippen molar-refractivity contribution in [3.8, 4) is 0 Å². The average molecular weight is 286 g/mol. The van der Waals surface area contributed by atoms with Gasteiger partial charge in [0.15, 0.2) is 0 Å². The molecule has 1 fully saturated rings. The van der Waals surface area contributed by atoms with E-state index in [0.717, 1.165) is 18.4 Å². The maximum Gasteiger partial charge on any atom is 0.261 e. The molecule has 1 unspecified atom stereocenters. The number of nitrogens with two attached hydrogens (primary N) is 1. The molecule has 112 valence electrons. The van der Waals surface area contributed by atoms with E-state index < -0.39 is 0 Å². The van der Waals surface area contributed by atoms with Gasteiger partial charge in [-0.25, -0.2) is 0 Å². The molecular formula is C17H22N2O2. The lowest BCUT2D eigenvalue weighted by Gasteiger charge is -2.39. The Balaban J connectivity index is 1.89. The van der Waals surface area contributed by atoms with E-state index in [-0.39, 0.29) is 17.9 Å². The molecule has 21 heavy (non-hydrogen) atoms. The van der Waals surface area contributed by atoms with Gasteiger partial charge in [0.05, 0.1) is 12.5 Å². The zero-order valence-electron chi connectivity index (χ0n) is 12.3. The Morgan fingerprint density at radius 3 is 2.57 bits per heavy atom. The fourth-order valence-electron chi connectivity index (χ4n) is 3.74. The maximum absolute atomic E-state index is 12.7. The Bertz CT molecular complexity index is 549. The molecule has 1 aromatic rings. The third kappa shape index (κ3) is 2.60. The molecule has 2 N–H and O–H groups in total. The molecule has 0 spiro atoms. The van der Waals surface area contributed by atoms with E-state index in [0.29, 0.717) is 24.4 Å². The predicted octanol–water partition coefficient (Wildman–Crippen LogP) is 2.12. The van der Waals surface area contributed by atoms with E-state index in [4.69, 9.17) is 5.73 Å². The molecule has 1 heterocycles. The van der Waals surface area contributed by atoms with Crippen molar-refractivity contribution in [2.24, 2.45) is 11.7 Å². The molecular weight excluding hydrogens is 264 g/mol. The third-order valence-electron chi connectivity index (χ3n) is 4.84. The van der Waals surface area contributed by atoms with Gasteiger partial charge >= 0.3 is 0 Å². The Labute approximate surface area is 125 Å². The van der Waals surface area contributed by atoms with Crippen molar-refractivity contribution < 1.29 is 9.59 Å². The molecule has 0 saturated heterocycles. The first kappa shape index (κ1) is 14.3. The van der Waals surface area contributed by atoms with Crippen LogP contribution in [0.3, 0.4) is 0 Å². The maximum atomic E-state index is 12.7. The standard InChI is InChI=1S/C17H22N2O2/c18-11-15(12-6-2-1-3-7-12)19-16(20)10-13-8-4-5-9-14(13)17(19)21/h4-5,8-9,12,15H,1-3,6-7,10-11,18H2. The molecule has 1 aliphatic heterocycles. The Kier molecular flexibility index (Phi) is 4.06. The van der Waals surface area contributed by atoms with Crippen molar-refractivity contribution in [2.75, 3.05) is 6.54 Å². The van der Waals surface area contributed by atoms with Crippen LogP contribution in [0.25, 0.3) is 0 Å². The van der Waals surface area contributed by atoms with Gasteiger partial charge in [0, 0.05) is 12.1 Å². The number of amides is 2. The second kappa shape index (κ2) is 5.98. The Morgan fingerprint density at radius 1 is 1.14 bits per heavy atom. The highest BCUT2D eigenvalue weighted by Crippen LogP contribution is 2.31. The van der Waals surface area contributed by atoms with Gasteiger partial charge in [0.1, 0.15) is 0 Å². The molecule has 2 aliphatic rings. The van der Waals surface area contributed by atoms with Crippen LogP contribution in [-0.4, -0.2) is 29.3 Å². The number of imide groups is 1. The number of carbonyl (C=O) groups excluding carboxylic acids is 2. The van der Waals surface area contributed by atoms with E-state index in [1.165, 1.54) is 24.2 Å². The smallest absolute Gasteiger partial charge is 0.261 e. The quantitative estimate of drug-likeness (QED) is 0.866. The lowest BCUT2D eigenvalue weighted by atomic mass is 9.82. The van der Waals surface area contributed by atoms with Crippen LogP contribution in [0.4, 0.5) is 0 Å². The van der Waals surface area contributed by atoms with Gasteiger partial charge in [0.25, 0.3) is 5.91 Å². The van der Waals surface area contributed by atoms with Crippen LogP contribution in [0, 0.1) is 5.92 Å². The monoisotopic (exact) mass is 286 g/mol. The van der Waals surface area contributed by atoms with E-state index in [1.807, 2.05) is 24.3 Å². The number of benzene rings is 1. The van der Waals surface area contributed by atoms with Crippen LogP contribution in [0.1, 0.15) is 48.0 Å². The second-order valence-corrected chi connectivity index (χ2v) is 6.10.